The lowest BCUT2D eigenvalue weighted by Crippen LogP contribution is -2.33. The minimum Gasteiger partial charge on any atom is -0.508 e. The lowest BCUT2D eigenvalue weighted by Gasteiger charge is -2.16. The number of fused-ring (bicyclic) bond motifs is 1. The van der Waals surface area contributed by atoms with Crippen LogP contribution in [0.4, 0.5) is 9.80 Å². The maximum absolute atomic E-state index is 12.7. The maximum Gasteiger partial charge on any atom is 0.404 e. The number of carbonyl (C=O) groups is 2. The molecule has 0 radical (unpaired) electrons. The first-order chi connectivity index (χ1) is 12.0. The topological polar surface area (TPSA) is 112 Å². The lowest BCUT2D eigenvalue weighted by molar-refractivity contribution is -0.117. The second kappa shape index (κ2) is 7.18. The molecule has 0 aliphatic heterocycles. The van der Waals surface area contributed by atoms with E-state index in [0.717, 1.165) is 10.1 Å². The zero-order valence-corrected chi connectivity index (χ0v) is 13.8. The van der Waals surface area contributed by atoms with Crippen molar-refractivity contribution < 1.29 is 19.8 Å². The number of carbonyl (C=O) groups excluding carboxylic acids is 1. The van der Waals surface area contributed by atoms with Crippen molar-refractivity contribution >= 4 is 38.4 Å². The SMILES string of the molecule is O=C(O)NCC(C(=O)Nc1cc2ccncc2s1)c1ccc(O)cc1. The molecular weight excluding hydrogens is 342 g/mol. The molecule has 2 amide bonds. The Hall–Kier alpha value is -3.13. The normalized spacial score (nSPS) is 11.8. The highest BCUT2D eigenvalue weighted by atomic mass is 32.1. The van der Waals surface area contributed by atoms with Crippen molar-refractivity contribution in [2.24, 2.45) is 0 Å². The fraction of sp³-hybridized carbons (Fsp3) is 0.118. The number of hydrogen-bond acceptors (Lipinski definition) is 5. The molecule has 2 aromatic heterocycles. The average Bonchev–Trinajstić information content (AvgIpc) is 2.98. The molecule has 0 fully saturated rings. The predicted octanol–water partition coefficient (Wildman–Crippen LogP) is 2.99. The first kappa shape index (κ1) is 16.7. The number of phenolic OH excluding ortho intramolecular Hbond substituents is 1. The smallest absolute Gasteiger partial charge is 0.404 e. The van der Waals surface area contributed by atoms with Crippen LogP contribution in [0.25, 0.3) is 10.1 Å². The van der Waals surface area contributed by atoms with E-state index in [2.05, 4.69) is 15.6 Å². The number of hydrogen-bond donors (Lipinski definition) is 4. The van der Waals surface area contributed by atoms with Gasteiger partial charge in [0.15, 0.2) is 0 Å². The molecule has 0 aliphatic rings. The van der Waals surface area contributed by atoms with Crippen molar-refractivity contribution in [3.05, 3.63) is 54.4 Å². The highest BCUT2D eigenvalue weighted by molar-refractivity contribution is 7.22. The summed E-state index contributed by atoms with van der Waals surface area (Å²) in [5.41, 5.74) is 0.604. The molecular formula is C17H15N3O4S. The molecule has 1 aromatic carbocycles. The molecule has 2 heterocycles. The van der Waals surface area contributed by atoms with Crippen molar-refractivity contribution in [2.75, 3.05) is 11.9 Å². The van der Waals surface area contributed by atoms with Crippen LogP contribution in [0.1, 0.15) is 11.5 Å². The van der Waals surface area contributed by atoms with Crippen LogP contribution in [-0.2, 0) is 4.79 Å². The Labute approximate surface area is 147 Å². The van der Waals surface area contributed by atoms with E-state index in [4.69, 9.17) is 5.11 Å². The Morgan fingerprint density at radius 1 is 1.20 bits per heavy atom. The molecule has 0 aliphatic carbocycles. The number of pyridine rings is 1. The van der Waals surface area contributed by atoms with Crippen LogP contribution >= 0.6 is 11.3 Å². The van der Waals surface area contributed by atoms with Gasteiger partial charge in [-0.3, -0.25) is 9.78 Å². The second-order valence-corrected chi connectivity index (χ2v) is 6.43. The number of amides is 2. The van der Waals surface area contributed by atoms with Crippen LogP contribution in [0.5, 0.6) is 5.75 Å². The van der Waals surface area contributed by atoms with Gasteiger partial charge in [-0.25, -0.2) is 4.79 Å². The highest BCUT2D eigenvalue weighted by Gasteiger charge is 2.22. The van der Waals surface area contributed by atoms with Crippen LogP contribution in [0.15, 0.2) is 48.8 Å². The standard InChI is InChI=1S/C17H15N3O4S/c21-12-3-1-10(2-4-12)13(8-19-17(23)24)16(22)20-15-7-11-5-6-18-9-14(11)25-15/h1-7,9,13,19,21H,8H2,(H,20,22)(H,23,24). The Bertz CT molecular complexity index is 875. The number of anilines is 1. The summed E-state index contributed by atoms with van der Waals surface area (Å²) >= 11 is 1.39. The predicted molar refractivity (Wildman–Crippen MR) is 95.1 cm³/mol. The zero-order chi connectivity index (χ0) is 17.8. The Morgan fingerprint density at radius 2 is 1.96 bits per heavy atom. The third-order valence-corrected chi connectivity index (χ3v) is 4.64. The molecule has 0 bridgehead atoms. The number of aromatic hydroxyl groups is 1. The van der Waals surface area contributed by atoms with Crippen LogP contribution in [0.2, 0.25) is 0 Å². The van der Waals surface area contributed by atoms with Crippen molar-refractivity contribution in [1.82, 2.24) is 10.3 Å². The summed E-state index contributed by atoms with van der Waals surface area (Å²) in [6.07, 6.45) is 2.19. The molecule has 0 spiro atoms. The fourth-order valence-electron chi connectivity index (χ4n) is 2.41. The first-order valence-corrected chi connectivity index (χ1v) is 8.25. The van der Waals surface area contributed by atoms with E-state index in [9.17, 15) is 14.7 Å². The summed E-state index contributed by atoms with van der Waals surface area (Å²) < 4.78 is 0.947. The fourth-order valence-corrected chi connectivity index (χ4v) is 3.35. The molecule has 4 N–H and O–H groups in total. The van der Waals surface area contributed by atoms with E-state index in [-0.39, 0.29) is 18.2 Å². The summed E-state index contributed by atoms with van der Waals surface area (Å²) in [5.74, 6) is -0.981. The second-order valence-electron chi connectivity index (χ2n) is 5.34. The third-order valence-electron chi connectivity index (χ3n) is 3.64. The molecule has 128 valence electrons. The number of nitrogens with zero attached hydrogens (tertiary/aromatic N) is 1. The van der Waals surface area contributed by atoms with Gasteiger partial charge in [0.2, 0.25) is 5.91 Å². The van der Waals surface area contributed by atoms with E-state index in [1.807, 2.05) is 12.1 Å². The number of phenols is 1. The van der Waals surface area contributed by atoms with Crippen LogP contribution in [-0.4, -0.2) is 33.7 Å². The minimum absolute atomic E-state index is 0.0710. The van der Waals surface area contributed by atoms with Gasteiger partial charge in [-0.1, -0.05) is 12.1 Å². The summed E-state index contributed by atoms with van der Waals surface area (Å²) in [5, 5.41) is 24.9. The zero-order valence-electron chi connectivity index (χ0n) is 13.0. The van der Waals surface area contributed by atoms with Gasteiger partial charge in [0.05, 0.1) is 15.6 Å². The van der Waals surface area contributed by atoms with Gasteiger partial charge in [-0.05, 0) is 35.2 Å². The summed E-state index contributed by atoms with van der Waals surface area (Å²) in [7, 11) is 0. The number of carboxylic acid groups (broad SMARTS) is 1. The molecule has 1 atom stereocenters. The molecule has 0 saturated carbocycles. The summed E-state index contributed by atoms with van der Waals surface area (Å²) in [6.45, 7) is -0.0710. The highest BCUT2D eigenvalue weighted by Crippen LogP contribution is 2.30. The van der Waals surface area contributed by atoms with Crippen LogP contribution in [0.3, 0.4) is 0 Å². The number of nitrogens with one attached hydrogen (secondary N) is 2. The molecule has 7 nitrogen and oxygen atoms in total. The van der Waals surface area contributed by atoms with Crippen molar-refractivity contribution in [3.63, 3.8) is 0 Å². The summed E-state index contributed by atoms with van der Waals surface area (Å²) in [6, 6.07) is 9.81. The van der Waals surface area contributed by atoms with E-state index < -0.39 is 12.0 Å². The van der Waals surface area contributed by atoms with Crippen LogP contribution in [0, 0.1) is 0 Å². The quantitative estimate of drug-likeness (QED) is 0.561. The van der Waals surface area contributed by atoms with Gasteiger partial charge in [-0.2, -0.15) is 0 Å². The van der Waals surface area contributed by atoms with E-state index in [1.165, 1.54) is 23.5 Å². The Balaban J connectivity index is 1.82. The number of rotatable bonds is 5. The molecule has 1 unspecified atom stereocenters. The lowest BCUT2D eigenvalue weighted by atomic mass is 9.98. The summed E-state index contributed by atoms with van der Waals surface area (Å²) in [4.78, 5) is 27.5. The van der Waals surface area contributed by atoms with Crippen LogP contribution < -0.4 is 10.6 Å². The van der Waals surface area contributed by atoms with Gasteiger partial charge in [0, 0.05) is 18.9 Å². The molecule has 8 heteroatoms. The van der Waals surface area contributed by atoms with Gasteiger partial charge in [-0.15, -0.1) is 11.3 Å². The average molecular weight is 357 g/mol. The number of benzene rings is 1. The van der Waals surface area contributed by atoms with E-state index in [1.54, 1.807) is 24.5 Å². The largest absolute Gasteiger partial charge is 0.508 e. The molecule has 25 heavy (non-hydrogen) atoms. The van der Waals surface area contributed by atoms with Crippen molar-refractivity contribution in [3.8, 4) is 5.75 Å². The van der Waals surface area contributed by atoms with Crippen molar-refractivity contribution in [1.29, 1.82) is 0 Å². The maximum atomic E-state index is 12.7. The van der Waals surface area contributed by atoms with E-state index >= 15 is 0 Å². The molecule has 0 saturated heterocycles. The van der Waals surface area contributed by atoms with Crippen molar-refractivity contribution in [2.45, 2.75) is 5.92 Å². The molecule has 3 rings (SSSR count). The van der Waals surface area contributed by atoms with Gasteiger partial charge >= 0.3 is 6.09 Å². The van der Waals surface area contributed by atoms with Gasteiger partial charge in [0.1, 0.15) is 5.75 Å². The third kappa shape index (κ3) is 4.04. The number of aromatic nitrogens is 1. The monoisotopic (exact) mass is 357 g/mol. The van der Waals surface area contributed by atoms with Gasteiger partial charge < -0.3 is 20.8 Å². The van der Waals surface area contributed by atoms with E-state index in [0.29, 0.717) is 10.6 Å². The van der Waals surface area contributed by atoms with Gasteiger partial charge in [0.25, 0.3) is 0 Å². The minimum atomic E-state index is -1.20. The first-order valence-electron chi connectivity index (χ1n) is 7.43. The molecule has 3 aromatic rings. The number of thiophene rings is 1. The Kier molecular flexibility index (Phi) is 4.80. The Morgan fingerprint density at radius 3 is 2.64 bits per heavy atom.